The minimum Gasteiger partial charge on any atom is -0.395 e. The number of unbranched alkanes of at least 4 members (excludes halogenated alkanes) is 1. The zero-order chi connectivity index (χ0) is 14.3. The molecule has 0 fully saturated rings. The van der Waals surface area contributed by atoms with Gasteiger partial charge in [-0.1, -0.05) is 43.2 Å². The number of aliphatic hydroxyl groups is 1. The molecule has 0 aliphatic rings. The molecule has 0 amide bonds. The van der Waals surface area contributed by atoms with E-state index in [4.69, 9.17) is 5.11 Å². The summed E-state index contributed by atoms with van der Waals surface area (Å²) in [7, 11) is 0. The minimum absolute atomic E-state index is 0.0925. The van der Waals surface area contributed by atoms with E-state index in [9.17, 15) is 4.79 Å². The zero-order valence-electron chi connectivity index (χ0n) is 12.2. The van der Waals surface area contributed by atoms with Gasteiger partial charge in [-0.25, -0.2) is 0 Å². The molecular formula is C16H25NO2. The zero-order valence-corrected chi connectivity index (χ0v) is 12.2. The van der Waals surface area contributed by atoms with Crippen LogP contribution in [0.5, 0.6) is 0 Å². The predicted octanol–water partition coefficient (Wildman–Crippen LogP) is 2.66. The first-order valence-electron chi connectivity index (χ1n) is 7.06. The smallest absolute Gasteiger partial charge is 0.179 e. The van der Waals surface area contributed by atoms with Crippen molar-refractivity contribution in [1.29, 1.82) is 0 Å². The highest BCUT2D eigenvalue weighted by atomic mass is 16.3. The van der Waals surface area contributed by atoms with Crippen LogP contribution in [0, 0.1) is 6.92 Å². The highest BCUT2D eigenvalue weighted by Crippen LogP contribution is 2.11. The average Bonchev–Trinajstić information content (AvgIpc) is 2.42. The molecule has 1 aromatic carbocycles. The predicted molar refractivity (Wildman–Crippen MR) is 78.5 cm³/mol. The van der Waals surface area contributed by atoms with Crippen molar-refractivity contribution in [1.82, 2.24) is 4.90 Å². The molecule has 0 radical (unpaired) electrons. The highest BCUT2D eigenvalue weighted by Gasteiger charge is 2.21. The summed E-state index contributed by atoms with van der Waals surface area (Å²) in [5.41, 5.74) is 1.90. The number of aliphatic hydroxyl groups excluding tert-OH is 1. The Morgan fingerprint density at radius 3 is 2.42 bits per heavy atom. The third-order valence-corrected chi connectivity index (χ3v) is 3.45. The number of nitrogens with zero attached hydrogens (tertiary/aromatic N) is 1. The Hall–Kier alpha value is -1.19. The molecule has 0 bridgehead atoms. The summed E-state index contributed by atoms with van der Waals surface area (Å²) in [6.07, 6.45) is 2.14. The Labute approximate surface area is 116 Å². The van der Waals surface area contributed by atoms with Crippen LogP contribution in [0.15, 0.2) is 24.3 Å². The van der Waals surface area contributed by atoms with Gasteiger partial charge in [0, 0.05) is 12.1 Å². The van der Waals surface area contributed by atoms with Crippen molar-refractivity contribution < 1.29 is 9.90 Å². The van der Waals surface area contributed by atoms with E-state index in [1.54, 1.807) is 0 Å². The van der Waals surface area contributed by atoms with Gasteiger partial charge in [-0.15, -0.1) is 0 Å². The molecule has 0 aliphatic heterocycles. The lowest BCUT2D eigenvalue weighted by Gasteiger charge is -2.27. The van der Waals surface area contributed by atoms with E-state index in [1.165, 1.54) is 0 Å². The molecule has 1 N–H and O–H groups in total. The summed E-state index contributed by atoms with van der Waals surface area (Å²) in [6.45, 7) is 7.57. The third kappa shape index (κ3) is 4.77. The van der Waals surface area contributed by atoms with Gasteiger partial charge in [0.05, 0.1) is 12.6 Å². The van der Waals surface area contributed by atoms with Crippen molar-refractivity contribution in [2.45, 2.75) is 39.7 Å². The number of carbonyl (C=O) groups is 1. The van der Waals surface area contributed by atoms with Gasteiger partial charge in [-0.2, -0.15) is 0 Å². The lowest BCUT2D eigenvalue weighted by atomic mass is 10.0. The molecule has 0 spiro atoms. The summed E-state index contributed by atoms with van der Waals surface area (Å²) in [6, 6.07) is 7.50. The van der Waals surface area contributed by atoms with Gasteiger partial charge in [0.25, 0.3) is 0 Å². The van der Waals surface area contributed by atoms with Gasteiger partial charge in [0.1, 0.15) is 0 Å². The lowest BCUT2D eigenvalue weighted by Crippen LogP contribution is -2.41. The number of aryl methyl sites for hydroxylation is 1. The maximum absolute atomic E-state index is 12.4. The second-order valence-corrected chi connectivity index (χ2v) is 5.02. The molecule has 0 saturated carbocycles. The minimum atomic E-state index is -0.179. The molecule has 0 aromatic heterocycles. The van der Waals surface area contributed by atoms with E-state index in [0.29, 0.717) is 6.54 Å². The Kier molecular flexibility index (Phi) is 6.74. The average molecular weight is 263 g/mol. The maximum atomic E-state index is 12.4. The Balaban J connectivity index is 2.74. The number of hydrogen-bond donors (Lipinski definition) is 1. The van der Waals surface area contributed by atoms with Crippen LogP contribution in [0.1, 0.15) is 42.6 Å². The fourth-order valence-electron chi connectivity index (χ4n) is 2.11. The number of rotatable bonds is 8. The fourth-order valence-corrected chi connectivity index (χ4v) is 2.11. The van der Waals surface area contributed by atoms with Crippen LogP contribution < -0.4 is 0 Å². The number of carbonyl (C=O) groups excluding carboxylic acids is 1. The molecule has 3 nitrogen and oxygen atoms in total. The van der Waals surface area contributed by atoms with Crippen molar-refractivity contribution >= 4 is 5.78 Å². The summed E-state index contributed by atoms with van der Waals surface area (Å²) in [4.78, 5) is 14.5. The molecule has 0 aliphatic carbocycles. The molecule has 3 heteroatoms. The molecule has 19 heavy (non-hydrogen) atoms. The number of benzene rings is 1. The quantitative estimate of drug-likeness (QED) is 0.733. The van der Waals surface area contributed by atoms with E-state index in [0.717, 1.165) is 30.5 Å². The van der Waals surface area contributed by atoms with Gasteiger partial charge in [0.2, 0.25) is 0 Å². The Morgan fingerprint density at radius 1 is 1.26 bits per heavy atom. The van der Waals surface area contributed by atoms with Gasteiger partial charge >= 0.3 is 0 Å². The van der Waals surface area contributed by atoms with Gasteiger partial charge in [-0.3, -0.25) is 9.69 Å². The SMILES string of the molecule is CCCCN(CCO)C(C)C(=O)c1ccc(C)cc1. The van der Waals surface area contributed by atoms with Crippen LogP contribution in [0.3, 0.4) is 0 Å². The van der Waals surface area contributed by atoms with Crippen molar-refractivity contribution in [3.8, 4) is 0 Å². The second kappa shape index (κ2) is 8.08. The van der Waals surface area contributed by atoms with Crippen molar-refractivity contribution in [3.05, 3.63) is 35.4 Å². The first kappa shape index (κ1) is 15.9. The molecule has 106 valence electrons. The van der Waals surface area contributed by atoms with Crippen LogP contribution in [-0.2, 0) is 0 Å². The van der Waals surface area contributed by atoms with Crippen LogP contribution in [0.4, 0.5) is 0 Å². The van der Waals surface area contributed by atoms with E-state index in [-0.39, 0.29) is 18.4 Å². The first-order chi connectivity index (χ1) is 9.10. The number of hydrogen-bond acceptors (Lipinski definition) is 3. The van der Waals surface area contributed by atoms with Gasteiger partial charge in [-0.05, 0) is 26.8 Å². The summed E-state index contributed by atoms with van der Waals surface area (Å²) < 4.78 is 0. The summed E-state index contributed by atoms with van der Waals surface area (Å²) >= 11 is 0. The van der Waals surface area contributed by atoms with E-state index in [1.807, 2.05) is 38.1 Å². The summed E-state index contributed by atoms with van der Waals surface area (Å²) in [5, 5.41) is 9.12. The normalized spacial score (nSPS) is 12.7. The molecule has 1 atom stereocenters. The van der Waals surface area contributed by atoms with Crippen molar-refractivity contribution in [2.24, 2.45) is 0 Å². The van der Waals surface area contributed by atoms with E-state index in [2.05, 4.69) is 11.8 Å². The van der Waals surface area contributed by atoms with Crippen LogP contribution >= 0.6 is 0 Å². The highest BCUT2D eigenvalue weighted by molar-refractivity contribution is 5.99. The maximum Gasteiger partial charge on any atom is 0.179 e. The standard InChI is InChI=1S/C16H25NO2/c1-4-5-10-17(11-12-18)14(3)16(19)15-8-6-13(2)7-9-15/h6-9,14,18H,4-5,10-12H2,1-3H3. The molecule has 1 unspecified atom stereocenters. The summed E-state index contributed by atoms with van der Waals surface area (Å²) in [5.74, 6) is 0.129. The molecule has 1 aromatic rings. The van der Waals surface area contributed by atoms with Crippen LogP contribution in [0.25, 0.3) is 0 Å². The van der Waals surface area contributed by atoms with Gasteiger partial charge < -0.3 is 5.11 Å². The van der Waals surface area contributed by atoms with Crippen LogP contribution in [0.2, 0.25) is 0 Å². The topological polar surface area (TPSA) is 40.5 Å². The van der Waals surface area contributed by atoms with E-state index < -0.39 is 0 Å². The van der Waals surface area contributed by atoms with Gasteiger partial charge in [0.15, 0.2) is 5.78 Å². The van der Waals surface area contributed by atoms with Crippen molar-refractivity contribution in [3.63, 3.8) is 0 Å². The number of Topliss-reactive ketones (excluding diaryl/α,β-unsaturated/α-hetero) is 1. The molecule has 0 heterocycles. The van der Waals surface area contributed by atoms with Crippen LogP contribution in [-0.4, -0.2) is 41.5 Å². The molecular weight excluding hydrogens is 238 g/mol. The molecule has 0 saturated heterocycles. The molecule has 1 rings (SSSR count). The Bertz CT molecular complexity index is 386. The monoisotopic (exact) mass is 263 g/mol. The van der Waals surface area contributed by atoms with E-state index >= 15 is 0 Å². The number of ketones is 1. The lowest BCUT2D eigenvalue weighted by molar-refractivity contribution is 0.0805. The second-order valence-electron chi connectivity index (χ2n) is 5.02. The third-order valence-electron chi connectivity index (χ3n) is 3.45. The fraction of sp³-hybridized carbons (Fsp3) is 0.562. The largest absolute Gasteiger partial charge is 0.395 e. The first-order valence-corrected chi connectivity index (χ1v) is 7.06. The van der Waals surface area contributed by atoms with Crippen molar-refractivity contribution in [2.75, 3.05) is 19.7 Å². The Morgan fingerprint density at radius 2 is 1.89 bits per heavy atom.